The second kappa shape index (κ2) is 12.6. The van der Waals surface area contributed by atoms with Gasteiger partial charge in [-0.2, -0.15) is 26.3 Å². The molecule has 0 saturated carbocycles. The maximum Gasteiger partial charge on any atom is 0.434 e. The Bertz CT molecular complexity index is 2150. The molecule has 0 amide bonds. The summed E-state index contributed by atoms with van der Waals surface area (Å²) in [5.74, 6) is -1.32. The first kappa shape index (κ1) is 33.5. The van der Waals surface area contributed by atoms with Crippen molar-refractivity contribution in [1.29, 1.82) is 0 Å². The van der Waals surface area contributed by atoms with E-state index in [-0.39, 0.29) is 46.7 Å². The number of benzene rings is 4. The third-order valence-corrected chi connectivity index (χ3v) is 8.14. The quantitative estimate of drug-likeness (QED) is 0.173. The van der Waals surface area contributed by atoms with E-state index in [2.05, 4.69) is 15.4 Å². The molecule has 0 radical (unpaired) electrons. The zero-order valence-corrected chi connectivity index (χ0v) is 26.0. The molecule has 254 valence electrons. The maximum absolute atomic E-state index is 15.6. The Hall–Kier alpha value is -5.40. The molecule has 0 fully saturated rings. The minimum Gasteiger partial charge on any atom is -0.496 e. The van der Waals surface area contributed by atoms with Crippen LogP contribution in [0.3, 0.4) is 0 Å². The fourth-order valence-corrected chi connectivity index (χ4v) is 5.86. The Morgan fingerprint density at radius 3 is 2.24 bits per heavy atom. The number of nitrogens with one attached hydrogen (secondary N) is 1. The third-order valence-electron chi connectivity index (χ3n) is 8.14. The van der Waals surface area contributed by atoms with Gasteiger partial charge in [-0.3, -0.25) is 0 Å². The number of methoxy groups -OCH3 is 1. The van der Waals surface area contributed by atoms with Gasteiger partial charge in [0, 0.05) is 35.6 Å². The van der Waals surface area contributed by atoms with Gasteiger partial charge in [-0.15, -0.1) is 5.10 Å². The van der Waals surface area contributed by atoms with Crippen LogP contribution in [-0.2, 0) is 23.6 Å². The van der Waals surface area contributed by atoms with E-state index in [1.807, 2.05) is 0 Å². The maximum atomic E-state index is 15.6. The number of hydrogen-bond donors (Lipinski definition) is 1. The number of oxime groups is 1. The zero-order chi connectivity index (χ0) is 35.2. The second-order valence-corrected chi connectivity index (χ2v) is 11.6. The summed E-state index contributed by atoms with van der Waals surface area (Å²) in [6.45, 7) is 3.22. The summed E-state index contributed by atoms with van der Waals surface area (Å²) in [4.78, 5) is 16.9. The molecule has 1 atom stereocenters. The molecule has 4 aromatic carbocycles. The molecule has 0 aliphatic carbocycles. The molecule has 0 bridgehead atoms. The van der Waals surface area contributed by atoms with Crippen molar-refractivity contribution >= 4 is 5.71 Å². The van der Waals surface area contributed by atoms with Crippen molar-refractivity contribution in [3.8, 4) is 39.5 Å². The Balaban J connectivity index is 1.38. The van der Waals surface area contributed by atoms with Gasteiger partial charge in [0.15, 0.2) is 6.10 Å². The lowest BCUT2D eigenvalue weighted by atomic mass is 9.89. The highest BCUT2D eigenvalue weighted by molar-refractivity contribution is 5.91. The van der Waals surface area contributed by atoms with E-state index in [9.17, 15) is 31.1 Å². The van der Waals surface area contributed by atoms with Gasteiger partial charge in [0.2, 0.25) is 5.89 Å². The number of halogens is 7. The minimum atomic E-state index is -4.69. The first-order valence-electron chi connectivity index (χ1n) is 14.8. The normalized spacial score (nSPS) is 14.9. The number of nitrogens with zero attached hydrogens (tertiary/aromatic N) is 2. The molecule has 6 rings (SSSR count). The lowest BCUT2D eigenvalue weighted by molar-refractivity contribution is -0.138. The van der Waals surface area contributed by atoms with Gasteiger partial charge in [-0.1, -0.05) is 28.9 Å². The van der Waals surface area contributed by atoms with Crippen molar-refractivity contribution in [2.24, 2.45) is 5.16 Å². The van der Waals surface area contributed by atoms with Crippen LogP contribution >= 0.6 is 0 Å². The monoisotopic (exact) mass is 685 g/mol. The van der Waals surface area contributed by atoms with Gasteiger partial charge >= 0.3 is 18.1 Å². The highest BCUT2D eigenvalue weighted by atomic mass is 19.4. The van der Waals surface area contributed by atoms with E-state index in [0.717, 1.165) is 30.3 Å². The number of aromatic nitrogens is 2. The van der Waals surface area contributed by atoms with Gasteiger partial charge in [0.1, 0.15) is 11.6 Å². The van der Waals surface area contributed by atoms with Crippen molar-refractivity contribution in [2.75, 3.05) is 7.11 Å². The van der Waals surface area contributed by atoms with Gasteiger partial charge < -0.3 is 14.0 Å². The van der Waals surface area contributed by atoms with Crippen molar-refractivity contribution in [1.82, 2.24) is 10.2 Å². The standard InChI is InChI=1S/C35H26F7N3O4/c1-17-8-21(12-23(9-17)35(40,41)42)30-14-24(45-49-30)13-20-11-22(34(37,38)39)5-7-26(20)28-15-27(29(36)16-31(28)47-3)25-6-4-19(10-18(25)2)32-43-44-33(46)48-32/h4-12,15-16,30H,13-14H2,1-3H3,(H,44,46)/t30-/m0/s1. The summed E-state index contributed by atoms with van der Waals surface area (Å²) < 4.78 is 108. The fraction of sp³-hybridized carbons (Fsp3) is 0.229. The van der Waals surface area contributed by atoms with Crippen molar-refractivity contribution in [2.45, 2.75) is 45.1 Å². The SMILES string of the molecule is COc1cc(F)c(-c2ccc(-c3n[nH]c(=O)o3)cc2C)cc1-c1ccc(C(F)(F)F)cc1CC1=NO[C@H](c2cc(C)cc(C(F)(F)F)c2)C1. The van der Waals surface area contributed by atoms with Crippen LogP contribution in [-0.4, -0.2) is 23.0 Å². The minimum absolute atomic E-state index is 0.0317. The van der Waals surface area contributed by atoms with E-state index in [1.54, 1.807) is 25.1 Å². The van der Waals surface area contributed by atoms with Crippen LogP contribution < -0.4 is 10.5 Å². The average molecular weight is 686 g/mol. The molecule has 0 saturated heterocycles. The molecule has 0 spiro atoms. The van der Waals surface area contributed by atoms with Gasteiger partial charge in [0.25, 0.3) is 0 Å². The Morgan fingerprint density at radius 1 is 0.857 bits per heavy atom. The van der Waals surface area contributed by atoms with Gasteiger partial charge in [-0.05, 0) is 84.1 Å². The van der Waals surface area contributed by atoms with Crippen LogP contribution in [0.5, 0.6) is 5.75 Å². The predicted octanol–water partition coefficient (Wildman–Crippen LogP) is 9.23. The molecule has 2 heterocycles. The molecule has 14 heteroatoms. The number of aryl methyl sites for hydroxylation is 2. The van der Waals surface area contributed by atoms with Crippen molar-refractivity contribution in [3.05, 3.63) is 116 Å². The summed E-state index contributed by atoms with van der Waals surface area (Å²) in [5, 5.41) is 10.0. The first-order chi connectivity index (χ1) is 23.1. The Kier molecular flexibility index (Phi) is 8.59. The smallest absolute Gasteiger partial charge is 0.434 e. The molecule has 5 aromatic rings. The molecule has 1 aliphatic heterocycles. The van der Waals surface area contributed by atoms with E-state index in [4.69, 9.17) is 14.0 Å². The van der Waals surface area contributed by atoms with Crippen molar-refractivity contribution < 1.29 is 44.7 Å². The van der Waals surface area contributed by atoms with Crippen LogP contribution in [0.15, 0.2) is 81.1 Å². The predicted molar refractivity (Wildman–Crippen MR) is 165 cm³/mol. The lowest BCUT2D eigenvalue weighted by Crippen LogP contribution is -2.10. The highest BCUT2D eigenvalue weighted by Gasteiger charge is 2.34. The van der Waals surface area contributed by atoms with Crippen LogP contribution in [0.1, 0.15) is 45.9 Å². The summed E-state index contributed by atoms with van der Waals surface area (Å²) in [5.41, 5.74) is 1.46. The number of hydrogen-bond acceptors (Lipinski definition) is 6. The summed E-state index contributed by atoms with van der Waals surface area (Å²) in [6.07, 6.45) is -10.3. The molecular weight excluding hydrogens is 659 g/mol. The Labute approximate surface area is 274 Å². The molecule has 49 heavy (non-hydrogen) atoms. The average Bonchev–Trinajstić information content (AvgIpc) is 3.69. The number of H-pyrrole nitrogens is 1. The third kappa shape index (κ3) is 6.94. The number of alkyl halides is 6. The van der Waals surface area contributed by atoms with E-state index in [1.165, 1.54) is 32.2 Å². The molecule has 1 aromatic heterocycles. The van der Waals surface area contributed by atoms with Crippen LogP contribution in [0.25, 0.3) is 33.7 Å². The summed E-state index contributed by atoms with van der Waals surface area (Å²) in [7, 11) is 1.30. The van der Waals surface area contributed by atoms with E-state index >= 15 is 4.39 Å². The molecule has 0 unspecified atom stereocenters. The van der Waals surface area contributed by atoms with E-state index < -0.39 is 41.2 Å². The van der Waals surface area contributed by atoms with Gasteiger partial charge in [-0.25, -0.2) is 14.3 Å². The Morgan fingerprint density at radius 2 is 1.59 bits per heavy atom. The van der Waals surface area contributed by atoms with Crippen LogP contribution in [0, 0.1) is 19.7 Å². The summed E-state index contributed by atoms with van der Waals surface area (Å²) >= 11 is 0. The molecule has 7 nitrogen and oxygen atoms in total. The van der Waals surface area contributed by atoms with Gasteiger partial charge in [0.05, 0.1) is 23.9 Å². The van der Waals surface area contributed by atoms with Crippen molar-refractivity contribution in [3.63, 3.8) is 0 Å². The lowest BCUT2D eigenvalue weighted by Gasteiger charge is -2.18. The highest BCUT2D eigenvalue weighted by Crippen LogP contribution is 2.42. The van der Waals surface area contributed by atoms with Crippen LogP contribution in [0.2, 0.25) is 0 Å². The number of rotatable bonds is 7. The summed E-state index contributed by atoms with van der Waals surface area (Å²) in [6, 6.07) is 14.1. The largest absolute Gasteiger partial charge is 0.496 e. The molecule has 1 aliphatic rings. The zero-order valence-electron chi connectivity index (χ0n) is 26.0. The molecular formula is C35H26F7N3O4. The first-order valence-corrected chi connectivity index (χ1v) is 14.8. The number of aromatic amines is 1. The fourth-order valence-electron chi connectivity index (χ4n) is 5.86. The van der Waals surface area contributed by atoms with Crippen LogP contribution in [0.4, 0.5) is 30.7 Å². The number of ether oxygens (including phenoxy) is 1. The topological polar surface area (TPSA) is 89.7 Å². The van der Waals surface area contributed by atoms with E-state index in [0.29, 0.717) is 33.5 Å². The molecule has 1 N–H and O–H groups in total. The second-order valence-electron chi connectivity index (χ2n) is 11.6.